The van der Waals surface area contributed by atoms with E-state index in [-0.39, 0.29) is 18.3 Å². The number of phenolic OH excluding ortho intramolecular Hbond substituents is 1. The number of carbonyl (C=O) groups is 1. The molecule has 0 aliphatic carbocycles. The largest absolute Gasteiger partial charge is 0.508 e. The summed E-state index contributed by atoms with van der Waals surface area (Å²) in [6.07, 6.45) is 4.83. The maximum absolute atomic E-state index is 12.2. The highest BCUT2D eigenvalue weighted by molar-refractivity contribution is 5.69. The highest BCUT2D eigenvalue weighted by Crippen LogP contribution is 2.28. The van der Waals surface area contributed by atoms with Crippen molar-refractivity contribution in [3.8, 4) is 18.1 Å². The molecule has 1 N–H and O–H groups in total. The first-order valence-corrected chi connectivity index (χ1v) is 6.47. The minimum atomic E-state index is -0.595. The second-order valence-corrected chi connectivity index (χ2v) is 5.55. The molecule has 4 nitrogen and oxygen atoms in total. The molecule has 0 unspecified atom stereocenters. The lowest BCUT2D eigenvalue weighted by Crippen LogP contribution is -2.38. The van der Waals surface area contributed by atoms with Crippen molar-refractivity contribution in [2.45, 2.75) is 39.3 Å². The van der Waals surface area contributed by atoms with Crippen LogP contribution in [0.15, 0.2) is 24.3 Å². The predicted molar refractivity (Wildman–Crippen MR) is 78.3 cm³/mol. The fourth-order valence-electron chi connectivity index (χ4n) is 1.79. The van der Waals surface area contributed by atoms with Gasteiger partial charge in [-0.1, -0.05) is 24.1 Å². The van der Waals surface area contributed by atoms with Crippen molar-refractivity contribution in [2.75, 3.05) is 6.54 Å². The van der Waals surface area contributed by atoms with Crippen LogP contribution in [0.1, 0.15) is 39.3 Å². The molecule has 0 fully saturated rings. The van der Waals surface area contributed by atoms with Gasteiger partial charge in [-0.15, -0.1) is 6.42 Å². The van der Waals surface area contributed by atoms with Gasteiger partial charge in [0, 0.05) is 5.56 Å². The third-order valence-electron chi connectivity index (χ3n) is 2.74. The van der Waals surface area contributed by atoms with Crippen molar-refractivity contribution in [3.63, 3.8) is 0 Å². The summed E-state index contributed by atoms with van der Waals surface area (Å²) in [5.74, 6) is 2.58. The van der Waals surface area contributed by atoms with E-state index < -0.39 is 11.7 Å². The van der Waals surface area contributed by atoms with Gasteiger partial charge in [0.05, 0.1) is 12.6 Å². The van der Waals surface area contributed by atoms with E-state index in [4.69, 9.17) is 11.2 Å². The molecule has 1 atom stereocenters. The zero-order valence-corrected chi connectivity index (χ0v) is 12.4. The lowest BCUT2D eigenvalue weighted by Gasteiger charge is -2.30. The summed E-state index contributed by atoms with van der Waals surface area (Å²) in [7, 11) is 0. The van der Waals surface area contributed by atoms with Crippen molar-refractivity contribution < 1.29 is 14.6 Å². The van der Waals surface area contributed by atoms with Crippen LogP contribution in [0.4, 0.5) is 4.79 Å². The number of hydrogen-bond donors (Lipinski definition) is 1. The Kier molecular flexibility index (Phi) is 5.04. The third-order valence-corrected chi connectivity index (χ3v) is 2.74. The molecule has 0 saturated heterocycles. The number of nitrogens with zero attached hydrogens (tertiary/aromatic N) is 1. The highest BCUT2D eigenvalue weighted by Gasteiger charge is 2.27. The monoisotopic (exact) mass is 275 g/mol. The number of para-hydroxylation sites is 1. The molecule has 1 amide bonds. The SMILES string of the molecule is C#CCN(C(=O)OC(C)(C)C)[C@H](C)c1ccccc1O. The fraction of sp³-hybridized carbons (Fsp3) is 0.438. The second-order valence-electron chi connectivity index (χ2n) is 5.55. The van der Waals surface area contributed by atoms with Crippen molar-refractivity contribution in [3.05, 3.63) is 29.8 Å². The Morgan fingerprint density at radius 1 is 1.45 bits per heavy atom. The van der Waals surface area contributed by atoms with Crippen LogP contribution in [-0.2, 0) is 4.74 Å². The number of ether oxygens (including phenoxy) is 1. The van der Waals surface area contributed by atoms with E-state index in [1.165, 1.54) is 4.90 Å². The first-order chi connectivity index (χ1) is 9.26. The molecule has 0 aromatic heterocycles. The zero-order valence-electron chi connectivity index (χ0n) is 12.4. The Hall–Kier alpha value is -2.15. The van der Waals surface area contributed by atoms with Gasteiger partial charge in [-0.05, 0) is 33.8 Å². The van der Waals surface area contributed by atoms with Gasteiger partial charge in [-0.3, -0.25) is 4.90 Å². The van der Waals surface area contributed by atoms with Gasteiger partial charge >= 0.3 is 6.09 Å². The summed E-state index contributed by atoms with van der Waals surface area (Å²) >= 11 is 0. The molecular weight excluding hydrogens is 254 g/mol. The molecule has 4 heteroatoms. The average molecular weight is 275 g/mol. The second kappa shape index (κ2) is 6.33. The first kappa shape index (κ1) is 15.9. The summed E-state index contributed by atoms with van der Waals surface area (Å²) in [5.41, 5.74) is 0.0381. The number of hydrogen-bond acceptors (Lipinski definition) is 3. The average Bonchev–Trinajstić information content (AvgIpc) is 2.33. The van der Waals surface area contributed by atoms with Gasteiger partial charge in [0.1, 0.15) is 11.4 Å². The molecule has 0 spiro atoms. The lowest BCUT2D eigenvalue weighted by atomic mass is 10.1. The van der Waals surface area contributed by atoms with E-state index in [2.05, 4.69) is 5.92 Å². The number of carbonyl (C=O) groups excluding carboxylic acids is 1. The Balaban J connectivity index is 3.00. The maximum Gasteiger partial charge on any atom is 0.411 e. The van der Waals surface area contributed by atoms with Gasteiger partial charge in [0.15, 0.2) is 0 Å². The van der Waals surface area contributed by atoms with Gasteiger partial charge in [-0.2, -0.15) is 0 Å². The summed E-state index contributed by atoms with van der Waals surface area (Å²) in [6, 6.07) is 6.49. The van der Waals surface area contributed by atoms with Crippen molar-refractivity contribution >= 4 is 6.09 Å². The summed E-state index contributed by atoms with van der Waals surface area (Å²) in [4.78, 5) is 13.6. The third kappa shape index (κ3) is 4.20. The molecule has 0 saturated carbocycles. The number of phenols is 1. The fourth-order valence-corrected chi connectivity index (χ4v) is 1.79. The van der Waals surface area contributed by atoms with Crippen molar-refractivity contribution in [1.82, 2.24) is 4.90 Å². The number of aromatic hydroxyl groups is 1. The molecule has 1 rings (SSSR count). The summed E-state index contributed by atoms with van der Waals surface area (Å²) in [5, 5.41) is 9.88. The Morgan fingerprint density at radius 3 is 2.55 bits per heavy atom. The zero-order chi connectivity index (χ0) is 15.3. The van der Waals surface area contributed by atoms with Gasteiger partial charge in [0.2, 0.25) is 0 Å². The predicted octanol–water partition coefficient (Wildman–Crippen LogP) is 3.32. The van der Waals surface area contributed by atoms with Crippen LogP contribution in [-0.4, -0.2) is 28.2 Å². The number of terminal acetylenes is 1. The molecule has 0 bridgehead atoms. The van der Waals surface area contributed by atoms with E-state index in [1.807, 2.05) is 0 Å². The van der Waals surface area contributed by atoms with Crippen LogP contribution in [0.2, 0.25) is 0 Å². The van der Waals surface area contributed by atoms with E-state index in [1.54, 1.807) is 52.0 Å². The first-order valence-electron chi connectivity index (χ1n) is 6.47. The van der Waals surface area contributed by atoms with E-state index >= 15 is 0 Å². The Morgan fingerprint density at radius 2 is 2.05 bits per heavy atom. The minimum absolute atomic E-state index is 0.115. The van der Waals surface area contributed by atoms with Gasteiger partial charge in [-0.25, -0.2) is 4.79 Å². The van der Waals surface area contributed by atoms with Gasteiger partial charge < -0.3 is 9.84 Å². The van der Waals surface area contributed by atoms with E-state index in [9.17, 15) is 9.90 Å². The van der Waals surface area contributed by atoms with Crippen LogP contribution >= 0.6 is 0 Å². The van der Waals surface area contributed by atoms with E-state index in [0.717, 1.165) is 0 Å². The lowest BCUT2D eigenvalue weighted by molar-refractivity contribution is 0.0203. The molecule has 0 heterocycles. The molecule has 1 aromatic rings. The van der Waals surface area contributed by atoms with Crippen LogP contribution in [0.3, 0.4) is 0 Å². The van der Waals surface area contributed by atoms with Crippen LogP contribution in [0.25, 0.3) is 0 Å². The minimum Gasteiger partial charge on any atom is -0.508 e. The molecular formula is C16H21NO3. The molecule has 0 aliphatic rings. The maximum atomic E-state index is 12.2. The van der Waals surface area contributed by atoms with Crippen LogP contribution < -0.4 is 0 Å². The topological polar surface area (TPSA) is 49.8 Å². The highest BCUT2D eigenvalue weighted by atomic mass is 16.6. The number of benzene rings is 1. The summed E-state index contributed by atoms with van der Waals surface area (Å²) < 4.78 is 5.34. The standard InChI is InChI=1S/C16H21NO3/c1-6-11-17(15(19)20-16(3,4)5)12(2)13-9-7-8-10-14(13)18/h1,7-10,12,18H,11H2,2-5H3/t12-/m1/s1. The van der Waals surface area contributed by atoms with E-state index in [0.29, 0.717) is 5.56 Å². The smallest absolute Gasteiger partial charge is 0.411 e. The summed E-state index contributed by atoms with van der Waals surface area (Å²) in [6.45, 7) is 7.30. The molecule has 1 aromatic carbocycles. The van der Waals surface area contributed by atoms with Crippen LogP contribution in [0, 0.1) is 12.3 Å². The number of rotatable bonds is 3. The van der Waals surface area contributed by atoms with Crippen molar-refractivity contribution in [2.24, 2.45) is 0 Å². The normalized spacial score (nSPS) is 12.3. The molecule has 0 radical (unpaired) electrons. The van der Waals surface area contributed by atoms with Crippen LogP contribution in [0.5, 0.6) is 5.75 Å². The molecule has 108 valence electrons. The Bertz CT molecular complexity index is 511. The quantitative estimate of drug-likeness (QED) is 0.861. The molecule has 0 aliphatic heterocycles. The van der Waals surface area contributed by atoms with Crippen molar-refractivity contribution in [1.29, 1.82) is 0 Å². The number of amides is 1. The molecule has 20 heavy (non-hydrogen) atoms. The van der Waals surface area contributed by atoms with Gasteiger partial charge in [0.25, 0.3) is 0 Å². The Labute approximate surface area is 120 Å².